The first-order valence-corrected chi connectivity index (χ1v) is 7.21. The van der Waals surface area contributed by atoms with Crippen LogP contribution in [0.15, 0.2) is 42.5 Å². The van der Waals surface area contributed by atoms with Gasteiger partial charge >= 0.3 is 0 Å². The van der Waals surface area contributed by atoms with Gasteiger partial charge in [0, 0.05) is 5.56 Å². The van der Waals surface area contributed by atoms with E-state index < -0.39 is 0 Å². The van der Waals surface area contributed by atoms with Crippen LogP contribution in [0.5, 0.6) is 5.75 Å². The molecule has 2 nitrogen and oxygen atoms in total. The average Bonchev–Trinajstić information content (AvgIpc) is 2.53. The minimum Gasteiger partial charge on any atom is -0.496 e. The van der Waals surface area contributed by atoms with Gasteiger partial charge < -0.3 is 10.5 Å². The van der Waals surface area contributed by atoms with Crippen LogP contribution in [0.4, 0.5) is 0 Å². The molecule has 2 heteroatoms. The van der Waals surface area contributed by atoms with E-state index in [0.29, 0.717) is 0 Å². The topological polar surface area (TPSA) is 35.2 Å². The van der Waals surface area contributed by atoms with Gasteiger partial charge in [0.1, 0.15) is 5.75 Å². The van der Waals surface area contributed by atoms with Crippen molar-refractivity contribution in [1.29, 1.82) is 0 Å². The molecule has 0 saturated carbocycles. The van der Waals surface area contributed by atoms with Crippen LogP contribution in [-0.2, 0) is 12.8 Å². The second-order valence-corrected chi connectivity index (χ2v) is 4.95. The first-order chi connectivity index (χ1) is 9.71. The van der Waals surface area contributed by atoms with Gasteiger partial charge in [-0.05, 0) is 35.6 Å². The molecular formula is C18H23NO. The molecule has 0 bridgehead atoms. The fourth-order valence-corrected chi connectivity index (χ4v) is 2.62. The Labute approximate surface area is 121 Å². The van der Waals surface area contributed by atoms with E-state index >= 15 is 0 Å². The van der Waals surface area contributed by atoms with E-state index in [1.165, 1.54) is 11.1 Å². The molecular weight excluding hydrogens is 246 g/mol. The Bertz CT molecular complexity index is 577. The van der Waals surface area contributed by atoms with Crippen LogP contribution in [0.2, 0.25) is 0 Å². The zero-order chi connectivity index (χ0) is 14.5. The number of ether oxygens (including phenoxy) is 1. The number of rotatable bonds is 5. The second-order valence-electron chi connectivity index (χ2n) is 4.95. The Morgan fingerprint density at radius 1 is 1.00 bits per heavy atom. The predicted molar refractivity (Wildman–Crippen MR) is 84.2 cm³/mol. The molecule has 0 aromatic heterocycles. The highest BCUT2D eigenvalue weighted by Gasteiger charge is 2.14. The fraction of sp³-hybridized carbons (Fsp3) is 0.333. The Morgan fingerprint density at radius 2 is 1.70 bits per heavy atom. The van der Waals surface area contributed by atoms with Crippen molar-refractivity contribution in [2.45, 2.75) is 32.7 Å². The number of hydrogen-bond donors (Lipinski definition) is 1. The largest absolute Gasteiger partial charge is 0.496 e. The minimum absolute atomic E-state index is 0.151. The molecule has 0 amide bonds. The SMILES string of the molecule is CCc1ccc(C(N)c2ccccc2OC)cc1CC. The first kappa shape index (κ1) is 14.6. The van der Waals surface area contributed by atoms with Crippen LogP contribution in [0, 0.1) is 0 Å². The van der Waals surface area contributed by atoms with E-state index in [9.17, 15) is 0 Å². The van der Waals surface area contributed by atoms with Gasteiger partial charge in [-0.1, -0.05) is 50.2 Å². The van der Waals surface area contributed by atoms with Crippen molar-refractivity contribution in [2.24, 2.45) is 5.73 Å². The smallest absolute Gasteiger partial charge is 0.123 e. The van der Waals surface area contributed by atoms with Gasteiger partial charge in [0.05, 0.1) is 13.2 Å². The summed E-state index contributed by atoms with van der Waals surface area (Å²) in [6, 6.07) is 14.4. The molecule has 2 aromatic carbocycles. The molecule has 20 heavy (non-hydrogen) atoms. The molecule has 1 unspecified atom stereocenters. The molecule has 0 aliphatic heterocycles. The Kier molecular flexibility index (Phi) is 4.80. The van der Waals surface area contributed by atoms with Gasteiger partial charge in [-0.15, -0.1) is 0 Å². The maximum Gasteiger partial charge on any atom is 0.123 e. The fourth-order valence-electron chi connectivity index (χ4n) is 2.62. The summed E-state index contributed by atoms with van der Waals surface area (Å²) in [4.78, 5) is 0. The number of aryl methyl sites for hydroxylation is 2. The summed E-state index contributed by atoms with van der Waals surface area (Å²) in [5.41, 5.74) is 11.4. The van der Waals surface area contributed by atoms with Crippen LogP contribution in [0.25, 0.3) is 0 Å². The molecule has 106 valence electrons. The van der Waals surface area contributed by atoms with Crippen LogP contribution in [0.1, 0.15) is 42.1 Å². The third-order valence-corrected chi connectivity index (χ3v) is 3.83. The summed E-state index contributed by atoms with van der Waals surface area (Å²) in [7, 11) is 1.68. The van der Waals surface area contributed by atoms with Gasteiger partial charge in [-0.3, -0.25) is 0 Å². The average molecular weight is 269 g/mol. The lowest BCUT2D eigenvalue weighted by atomic mass is 9.93. The maximum absolute atomic E-state index is 6.43. The second kappa shape index (κ2) is 6.58. The monoisotopic (exact) mass is 269 g/mol. The normalized spacial score (nSPS) is 12.2. The van der Waals surface area contributed by atoms with Crippen LogP contribution >= 0.6 is 0 Å². The lowest BCUT2D eigenvalue weighted by molar-refractivity contribution is 0.408. The van der Waals surface area contributed by atoms with Crippen molar-refractivity contribution in [3.05, 3.63) is 64.7 Å². The third-order valence-electron chi connectivity index (χ3n) is 3.83. The van der Waals surface area contributed by atoms with Gasteiger partial charge in [0.25, 0.3) is 0 Å². The molecule has 2 aromatic rings. The highest BCUT2D eigenvalue weighted by Crippen LogP contribution is 2.29. The number of nitrogens with two attached hydrogens (primary N) is 1. The van der Waals surface area contributed by atoms with E-state index in [-0.39, 0.29) is 6.04 Å². The molecule has 0 fully saturated rings. The summed E-state index contributed by atoms with van der Waals surface area (Å²) in [5.74, 6) is 0.845. The van der Waals surface area contributed by atoms with Gasteiger partial charge in [-0.25, -0.2) is 0 Å². The highest BCUT2D eigenvalue weighted by molar-refractivity contribution is 5.43. The molecule has 0 aliphatic rings. The predicted octanol–water partition coefficient (Wildman–Crippen LogP) is 3.87. The summed E-state index contributed by atoms with van der Waals surface area (Å²) in [6.07, 6.45) is 2.10. The standard InChI is InChI=1S/C18H23NO/c1-4-13-10-11-15(12-14(13)5-2)18(19)16-8-6-7-9-17(16)20-3/h6-12,18H,4-5,19H2,1-3H3. The van der Waals surface area contributed by atoms with Gasteiger partial charge in [-0.2, -0.15) is 0 Å². The number of para-hydroxylation sites is 1. The molecule has 0 heterocycles. The van der Waals surface area contributed by atoms with E-state index in [1.54, 1.807) is 7.11 Å². The summed E-state index contributed by atoms with van der Waals surface area (Å²) < 4.78 is 5.41. The minimum atomic E-state index is -0.151. The number of benzene rings is 2. The summed E-state index contributed by atoms with van der Waals surface area (Å²) in [6.45, 7) is 4.38. The molecule has 2 rings (SSSR count). The van der Waals surface area contributed by atoms with E-state index in [2.05, 4.69) is 32.0 Å². The zero-order valence-corrected chi connectivity index (χ0v) is 12.5. The maximum atomic E-state index is 6.43. The lowest BCUT2D eigenvalue weighted by Crippen LogP contribution is -2.13. The quantitative estimate of drug-likeness (QED) is 0.894. The van der Waals surface area contributed by atoms with Crippen molar-refractivity contribution in [2.75, 3.05) is 7.11 Å². The van der Waals surface area contributed by atoms with Crippen molar-refractivity contribution in [1.82, 2.24) is 0 Å². The van der Waals surface area contributed by atoms with Crippen LogP contribution in [0.3, 0.4) is 0 Å². The first-order valence-electron chi connectivity index (χ1n) is 7.21. The highest BCUT2D eigenvalue weighted by atomic mass is 16.5. The van der Waals surface area contributed by atoms with Gasteiger partial charge in [0.15, 0.2) is 0 Å². The number of methoxy groups -OCH3 is 1. The molecule has 1 atom stereocenters. The molecule has 0 spiro atoms. The third kappa shape index (κ3) is 2.86. The summed E-state index contributed by atoms with van der Waals surface area (Å²) >= 11 is 0. The summed E-state index contributed by atoms with van der Waals surface area (Å²) in [5, 5.41) is 0. The molecule has 0 aliphatic carbocycles. The zero-order valence-electron chi connectivity index (χ0n) is 12.5. The Hall–Kier alpha value is -1.80. The molecule has 0 saturated heterocycles. The van der Waals surface area contributed by atoms with Crippen molar-refractivity contribution < 1.29 is 4.74 Å². The molecule has 2 N–H and O–H groups in total. The lowest BCUT2D eigenvalue weighted by Gasteiger charge is -2.18. The number of hydrogen-bond acceptors (Lipinski definition) is 2. The van der Waals surface area contributed by atoms with Crippen molar-refractivity contribution >= 4 is 0 Å². The van der Waals surface area contributed by atoms with E-state index in [1.807, 2.05) is 24.3 Å². The van der Waals surface area contributed by atoms with E-state index in [4.69, 9.17) is 10.5 Å². The van der Waals surface area contributed by atoms with Crippen LogP contribution in [-0.4, -0.2) is 7.11 Å². The van der Waals surface area contributed by atoms with E-state index in [0.717, 1.165) is 29.7 Å². The van der Waals surface area contributed by atoms with Crippen molar-refractivity contribution in [3.63, 3.8) is 0 Å². The van der Waals surface area contributed by atoms with Gasteiger partial charge in [0.2, 0.25) is 0 Å². The van der Waals surface area contributed by atoms with Crippen LogP contribution < -0.4 is 10.5 Å². The Balaban J connectivity index is 2.40. The van der Waals surface area contributed by atoms with Crippen molar-refractivity contribution in [3.8, 4) is 5.75 Å². The Morgan fingerprint density at radius 3 is 2.35 bits per heavy atom. The molecule has 0 radical (unpaired) electrons.